The molecule has 1 heterocycles. The molecule has 3 unspecified atom stereocenters. The number of carbonyl (C=O) groups excluding carboxylic acids is 2. The van der Waals surface area contributed by atoms with Crippen LogP contribution in [0, 0.1) is 11.8 Å². The van der Waals surface area contributed by atoms with Crippen molar-refractivity contribution in [3.05, 3.63) is 54.1 Å². The van der Waals surface area contributed by atoms with Gasteiger partial charge in [-0.25, -0.2) is 0 Å². The summed E-state index contributed by atoms with van der Waals surface area (Å²) in [5.74, 6) is 1.09. The summed E-state index contributed by atoms with van der Waals surface area (Å²) in [6, 6.07) is 10.4. The Bertz CT molecular complexity index is 873. The van der Waals surface area contributed by atoms with Crippen molar-refractivity contribution >= 4 is 17.8 Å². The lowest BCUT2D eigenvalue weighted by molar-refractivity contribution is -0.133. The van der Waals surface area contributed by atoms with E-state index in [2.05, 4.69) is 54.3 Å². The number of hydrogen-bond acceptors (Lipinski definition) is 4. The number of benzene rings is 1. The first-order chi connectivity index (χ1) is 18.6. The van der Waals surface area contributed by atoms with Crippen LogP contribution in [0.2, 0.25) is 0 Å². The number of Topliss-reactive ketones (excluding diaryl/α,β-unsaturated/α-hetero) is 1. The van der Waals surface area contributed by atoms with Crippen molar-refractivity contribution in [3.8, 4) is 0 Å². The van der Waals surface area contributed by atoms with Crippen LogP contribution in [0.4, 0.5) is 0 Å². The van der Waals surface area contributed by atoms with Crippen LogP contribution in [0.5, 0.6) is 0 Å². The molecule has 3 atom stereocenters. The van der Waals surface area contributed by atoms with E-state index in [1.807, 2.05) is 17.0 Å². The topological polar surface area (TPSA) is 60.9 Å². The standard InChI is InChI=1S/C33H50N2O3/c1-2-3-7-16-30(36)21-19-29-20-22-32(37)31(29)17-10-4-5-11-18-33(38)35-26-24-34(25-27-35)23-12-15-28-13-8-6-9-14-28/h6,8-9,12-15,19,21,29-31,36H,2-5,7,10-11,16-18,20,22-27H2,1H3. The summed E-state index contributed by atoms with van der Waals surface area (Å²) in [5.41, 5.74) is 1.22. The first kappa shape index (κ1) is 30.3. The Kier molecular flexibility index (Phi) is 13.9. The minimum absolute atomic E-state index is 0.120. The van der Waals surface area contributed by atoms with Gasteiger partial charge in [0, 0.05) is 51.5 Å². The molecule has 1 aromatic rings. The molecule has 1 aliphatic heterocycles. The van der Waals surface area contributed by atoms with Gasteiger partial charge in [0.1, 0.15) is 5.78 Å². The SMILES string of the molecule is CCCCCC(O)C=CC1CCC(=O)C1CCCCCCC(=O)N1CCN(CC=Cc2ccccc2)CC1. The quantitative estimate of drug-likeness (QED) is 0.205. The number of hydrogen-bond donors (Lipinski definition) is 1. The van der Waals surface area contributed by atoms with E-state index < -0.39 is 0 Å². The number of carbonyl (C=O) groups is 2. The summed E-state index contributed by atoms with van der Waals surface area (Å²) >= 11 is 0. The average molecular weight is 523 g/mol. The molecule has 5 heteroatoms. The molecule has 2 aliphatic rings. The van der Waals surface area contributed by atoms with Crippen LogP contribution in [-0.2, 0) is 9.59 Å². The van der Waals surface area contributed by atoms with Gasteiger partial charge in [0.2, 0.25) is 5.91 Å². The van der Waals surface area contributed by atoms with Gasteiger partial charge in [-0.1, -0.05) is 100 Å². The predicted octanol–water partition coefficient (Wildman–Crippen LogP) is 6.28. The summed E-state index contributed by atoms with van der Waals surface area (Å²) < 4.78 is 0. The fourth-order valence-corrected chi connectivity index (χ4v) is 5.74. The monoisotopic (exact) mass is 522 g/mol. The van der Waals surface area contributed by atoms with Crippen LogP contribution in [0.3, 0.4) is 0 Å². The maximum absolute atomic E-state index is 12.7. The second-order valence-corrected chi connectivity index (χ2v) is 11.2. The Morgan fingerprint density at radius 3 is 2.55 bits per heavy atom. The highest BCUT2D eigenvalue weighted by molar-refractivity contribution is 5.83. The molecular formula is C33H50N2O3. The molecule has 0 spiro atoms. The second kappa shape index (κ2) is 17.4. The third-order valence-corrected chi connectivity index (χ3v) is 8.19. The fourth-order valence-electron chi connectivity index (χ4n) is 5.74. The third-order valence-electron chi connectivity index (χ3n) is 8.19. The normalized spacial score (nSPS) is 21.6. The molecular weight excluding hydrogens is 472 g/mol. The molecule has 3 rings (SSSR count). The maximum Gasteiger partial charge on any atom is 0.222 e. The van der Waals surface area contributed by atoms with Crippen LogP contribution in [0.1, 0.15) is 89.5 Å². The van der Waals surface area contributed by atoms with E-state index in [1.165, 1.54) is 5.56 Å². The van der Waals surface area contributed by atoms with E-state index in [1.54, 1.807) is 0 Å². The second-order valence-electron chi connectivity index (χ2n) is 11.2. The van der Waals surface area contributed by atoms with Crippen LogP contribution in [0.25, 0.3) is 6.08 Å². The van der Waals surface area contributed by atoms with Gasteiger partial charge < -0.3 is 10.0 Å². The molecule has 0 aromatic heterocycles. The lowest BCUT2D eigenvalue weighted by Gasteiger charge is -2.34. The number of aliphatic hydroxyl groups is 1. The first-order valence-corrected chi connectivity index (χ1v) is 15.2. The minimum Gasteiger partial charge on any atom is -0.389 e. The van der Waals surface area contributed by atoms with Crippen LogP contribution in [-0.4, -0.2) is 65.4 Å². The Balaban J connectivity index is 1.24. The zero-order chi connectivity index (χ0) is 27.0. The Morgan fingerprint density at radius 2 is 1.79 bits per heavy atom. The fraction of sp³-hybridized carbons (Fsp3) is 0.636. The number of piperazine rings is 1. The maximum atomic E-state index is 12.7. The highest BCUT2D eigenvalue weighted by atomic mass is 16.3. The molecule has 1 saturated carbocycles. The molecule has 1 N–H and O–H groups in total. The summed E-state index contributed by atoms with van der Waals surface area (Å²) in [6.45, 7) is 6.62. The molecule has 0 bridgehead atoms. The highest BCUT2D eigenvalue weighted by Gasteiger charge is 2.32. The number of rotatable bonds is 16. The van der Waals surface area contributed by atoms with Crippen molar-refractivity contribution in [2.45, 2.75) is 90.1 Å². The number of amides is 1. The van der Waals surface area contributed by atoms with Crippen molar-refractivity contribution < 1.29 is 14.7 Å². The smallest absolute Gasteiger partial charge is 0.222 e. The number of unbranched alkanes of at least 4 members (excludes halogenated alkanes) is 5. The summed E-state index contributed by atoms with van der Waals surface area (Å²) in [4.78, 5) is 29.5. The Labute approximate surface area is 231 Å². The lowest BCUT2D eigenvalue weighted by Crippen LogP contribution is -2.48. The first-order valence-electron chi connectivity index (χ1n) is 15.2. The summed E-state index contributed by atoms with van der Waals surface area (Å²) in [6.07, 6.45) is 19.5. The van der Waals surface area contributed by atoms with Gasteiger partial charge in [0.15, 0.2) is 0 Å². The molecule has 5 nitrogen and oxygen atoms in total. The van der Waals surface area contributed by atoms with E-state index in [9.17, 15) is 14.7 Å². The predicted molar refractivity (Wildman–Crippen MR) is 157 cm³/mol. The van der Waals surface area contributed by atoms with E-state index >= 15 is 0 Å². The number of ketones is 1. The molecule has 1 amide bonds. The third kappa shape index (κ3) is 10.9. The van der Waals surface area contributed by atoms with E-state index in [0.717, 1.165) is 96.9 Å². The zero-order valence-corrected chi connectivity index (χ0v) is 23.6. The van der Waals surface area contributed by atoms with Gasteiger partial charge in [-0.2, -0.15) is 0 Å². The van der Waals surface area contributed by atoms with Crippen molar-refractivity contribution in [1.29, 1.82) is 0 Å². The van der Waals surface area contributed by atoms with Crippen LogP contribution < -0.4 is 0 Å². The molecule has 38 heavy (non-hydrogen) atoms. The minimum atomic E-state index is -0.380. The van der Waals surface area contributed by atoms with Gasteiger partial charge >= 0.3 is 0 Å². The zero-order valence-electron chi connectivity index (χ0n) is 23.6. The van der Waals surface area contributed by atoms with E-state index in [0.29, 0.717) is 18.6 Å². The molecule has 1 saturated heterocycles. The summed E-state index contributed by atoms with van der Waals surface area (Å²) in [7, 11) is 0. The van der Waals surface area contributed by atoms with Crippen molar-refractivity contribution in [2.75, 3.05) is 32.7 Å². The van der Waals surface area contributed by atoms with Crippen LogP contribution >= 0.6 is 0 Å². The molecule has 1 aromatic carbocycles. The van der Waals surface area contributed by atoms with E-state index in [4.69, 9.17) is 0 Å². The van der Waals surface area contributed by atoms with Gasteiger partial charge in [-0.3, -0.25) is 14.5 Å². The van der Waals surface area contributed by atoms with Crippen molar-refractivity contribution in [3.63, 3.8) is 0 Å². The Hall–Kier alpha value is -2.24. The van der Waals surface area contributed by atoms with Gasteiger partial charge in [0.25, 0.3) is 0 Å². The molecule has 1 aliphatic carbocycles. The molecule has 0 radical (unpaired) electrons. The molecule has 210 valence electrons. The van der Waals surface area contributed by atoms with Gasteiger partial charge in [0.05, 0.1) is 6.10 Å². The number of allylic oxidation sites excluding steroid dienone is 1. The van der Waals surface area contributed by atoms with E-state index in [-0.39, 0.29) is 23.8 Å². The lowest BCUT2D eigenvalue weighted by atomic mass is 9.89. The average Bonchev–Trinajstić information content (AvgIpc) is 3.29. The van der Waals surface area contributed by atoms with Crippen molar-refractivity contribution in [2.24, 2.45) is 11.8 Å². The number of aliphatic hydroxyl groups excluding tert-OH is 1. The highest BCUT2D eigenvalue weighted by Crippen LogP contribution is 2.34. The largest absolute Gasteiger partial charge is 0.389 e. The van der Waals surface area contributed by atoms with Gasteiger partial charge in [-0.15, -0.1) is 0 Å². The molecule has 2 fully saturated rings. The van der Waals surface area contributed by atoms with Crippen molar-refractivity contribution in [1.82, 2.24) is 9.80 Å². The number of nitrogens with zero attached hydrogens (tertiary/aromatic N) is 2. The van der Waals surface area contributed by atoms with Crippen LogP contribution in [0.15, 0.2) is 48.6 Å². The Morgan fingerprint density at radius 1 is 1.03 bits per heavy atom. The van der Waals surface area contributed by atoms with Gasteiger partial charge in [-0.05, 0) is 37.2 Å². The summed E-state index contributed by atoms with van der Waals surface area (Å²) in [5, 5.41) is 10.2.